The van der Waals surface area contributed by atoms with E-state index in [1.54, 1.807) is 24.5 Å². The molecule has 1 amide bonds. The quantitative estimate of drug-likeness (QED) is 0.215. The fourth-order valence-electron chi connectivity index (χ4n) is 5.52. The minimum absolute atomic E-state index is 0.0108. The summed E-state index contributed by atoms with van der Waals surface area (Å²) in [6.07, 6.45) is 1.50. The normalized spacial score (nSPS) is 21.5. The summed E-state index contributed by atoms with van der Waals surface area (Å²) in [6, 6.07) is 28.8. The van der Waals surface area contributed by atoms with Gasteiger partial charge in [-0.15, -0.1) is 0 Å². The molecule has 8 heteroatoms. The Kier molecular flexibility index (Phi) is 10.5. The number of benzene rings is 3. The predicted molar refractivity (Wildman–Crippen MR) is 168 cm³/mol. The SMILES string of the molecule is C[C@@H]1[C@H](CN(C)[C@@H](C)[C@H](O)c2ccccc2)O[C@H](c2ccc(CNC(=O)c3cccnc3)cc2)O[C@@H]1c1ccc(CO)cc1. The van der Waals surface area contributed by atoms with Gasteiger partial charge in [0.15, 0.2) is 6.29 Å². The fourth-order valence-corrected chi connectivity index (χ4v) is 5.52. The highest BCUT2D eigenvalue weighted by atomic mass is 16.7. The van der Waals surface area contributed by atoms with Crippen LogP contribution in [0.2, 0.25) is 0 Å². The van der Waals surface area contributed by atoms with E-state index < -0.39 is 12.4 Å². The van der Waals surface area contributed by atoms with Crippen LogP contribution < -0.4 is 5.32 Å². The fraction of sp³-hybridized carbons (Fsp3) is 0.333. The van der Waals surface area contributed by atoms with Crippen LogP contribution in [0.25, 0.3) is 0 Å². The summed E-state index contributed by atoms with van der Waals surface area (Å²) >= 11 is 0. The van der Waals surface area contributed by atoms with Crippen LogP contribution >= 0.6 is 0 Å². The van der Waals surface area contributed by atoms with E-state index in [9.17, 15) is 15.0 Å². The zero-order valence-electron chi connectivity index (χ0n) is 25.4. The monoisotopic (exact) mass is 595 g/mol. The van der Waals surface area contributed by atoms with Crippen LogP contribution in [-0.2, 0) is 22.6 Å². The lowest BCUT2D eigenvalue weighted by atomic mass is 9.89. The average molecular weight is 596 g/mol. The summed E-state index contributed by atoms with van der Waals surface area (Å²) in [5.41, 5.74) is 5.08. The van der Waals surface area contributed by atoms with Gasteiger partial charge in [-0.2, -0.15) is 0 Å². The van der Waals surface area contributed by atoms with Gasteiger partial charge in [-0.25, -0.2) is 0 Å². The first-order valence-electron chi connectivity index (χ1n) is 15.0. The number of likely N-dealkylation sites (N-methyl/N-ethyl adjacent to an activating group) is 1. The Bertz CT molecular complexity index is 1470. The Morgan fingerprint density at radius 1 is 0.932 bits per heavy atom. The van der Waals surface area contributed by atoms with E-state index in [0.29, 0.717) is 18.7 Å². The first kappa shape index (κ1) is 31.5. The number of rotatable bonds is 11. The maximum atomic E-state index is 12.4. The largest absolute Gasteiger partial charge is 0.392 e. The van der Waals surface area contributed by atoms with Crippen molar-refractivity contribution in [3.05, 3.63) is 137 Å². The number of aromatic nitrogens is 1. The minimum Gasteiger partial charge on any atom is -0.392 e. The molecule has 1 aliphatic heterocycles. The van der Waals surface area contributed by atoms with E-state index in [2.05, 4.69) is 22.1 Å². The molecule has 6 atom stereocenters. The molecule has 230 valence electrons. The first-order valence-corrected chi connectivity index (χ1v) is 15.0. The summed E-state index contributed by atoms with van der Waals surface area (Å²) in [4.78, 5) is 18.6. The second-order valence-corrected chi connectivity index (χ2v) is 11.5. The highest BCUT2D eigenvalue weighted by Gasteiger charge is 2.39. The molecule has 0 spiro atoms. The molecule has 2 heterocycles. The molecule has 0 saturated carbocycles. The number of amides is 1. The summed E-state index contributed by atoms with van der Waals surface area (Å²) in [5, 5.41) is 23.6. The van der Waals surface area contributed by atoms with Crippen molar-refractivity contribution in [3.63, 3.8) is 0 Å². The second-order valence-electron chi connectivity index (χ2n) is 11.5. The summed E-state index contributed by atoms with van der Waals surface area (Å²) in [5.74, 6) is -0.166. The zero-order valence-corrected chi connectivity index (χ0v) is 25.4. The second kappa shape index (κ2) is 14.7. The van der Waals surface area contributed by atoms with Gasteiger partial charge >= 0.3 is 0 Å². The van der Waals surface area contributed by atoms with Gasteiger partial charge in [0.05, 0.1) is 30.5 Å². The maximum absolute atomic E-state index is 12.4. The number of nitrogens with one attached hydrogen (secondary N) is 1. The van der Waals surface area contributed by atoms with Crippen LogP contribution in [0.1, 0.15) is 70.5 Å². The van der Waals surface area contributed by atoms with Crippen molar-refractivity contribution in [1.82, 2.24) is 15.2 Å². The standard InChI is InChI=1S/C36H41N3O5/c1-24-32(22-39(3)25(2)33(41)28-8-5-4-6-9-28)43-36(44-34(24)29-15-13-27(23-40)14-16-29)30-17-11-26(12-18-30)20-38-35(42)31-10-7-19-37-21-31/h4-19,21,24-25,32-34,36,40-41H,20,22-23H2,1-3H3,(H,38,42)/t24-,25+,32+,33+,34+,36+/m1/s1. The van der Waals surface area contributed by atoms with Gasteiger partial charge in [0.25, 0.3) is 5.91 Å². The molecule has 8 nitrogen and oxygen atoms in total. The maximum Gasteiger partial charge on any atom is 0.253 e. The predicted octanol–water partition coefficient (Wildman–Crippen LogP) is 5.35. The minimum atomic E-state index is -0.639. The van der Waals surface area contributed by atoms with Crippen molar-refractivity contribution in [2.24, 2.45) is 5.92 Å². The third kappa shape index (κ3) is 7.59. The molecule has 0 aliphatic carbocycles. The molecule has 3 N–H and O–H groups in total. The third-order valence-electron chi connectivity index (χ3n) is 8.51. The van der Waals surface area contributed by atoms with E-state index in [4.69, 9.17) is 9.47 Å². The van der Waals surface area contributed by atoms with E-state index in [1.165, 1.54) is 0 Å². The molecule has 1 fully saturated rings. The molecule has 0 radical (unpaired) electrons. The van der Waals surface area contributed by atoms with Crippen LogP contribution in [0, 0.1) is 5.92 Å². The molecule has 0 unspecified atom stereocenters. The molecule has 4 aromatic rings. The molecule has 1 aromatic heterocycles. The van der Waals surface area contributed by atoms with E-state index in [0.717, 1.165) is 27.8 Å². The third-order valence-corrected chi connectivity index (χ3v) is 8.51. The average Bonchev–Trinajstić information content (AvgIpc) is 3.08. The number of hydrogen-bond acceptors (Lipinski definition) is 7. The zero-order chi connectivity index (χ0) is 31.1. The Balaban J connectivity index is 1.31. The van der Waals surface area contributed by atoms with Gasteiger partial charge in [0, 0.05) is 43.0 Å². The van der Waals surface area contributed by atoms with Gasteiger partial charge in [-0.05, 0) is 48.4 Å². The molecule has 0 bridgehead atoms. The number of aliphatic hydroxyl groups is 2. The number of hydrogen-bond donors (Lipinski definition) is 3. The van der Waals surface area contributed by atoms with Gasteiger partial charge in [0.2, 0.25) is 0 Å². The highest BCUT2D eigenvalue weighted by Crippen LogP contribution is 2.42. The Hall–Kier alpha value is -3.92. The van der Waals surface area contributed by atoms with E-state index in [-0.39, 0.29) is 36.7 Å². The van der Waals surface area contributed by atoms with Crippen LogP contribution in [0.5, 0.6) is 0 Å². The number of aliphatic hydroxyl groups excluding tert-OH is 2. The van der Waals surface area contributed by atoms with Crippen molar-refractivity contribution >= 4 is 5.91 Å². The van der Waals surface area contributed by atoms with Gasteiger partial charge in [-0.1, -0.05) is 85.8 Å². The lowest BCUT2D eigenvalue weighted by molar-refractivity contribution is -0.276. The highest BCUT2D eigenvalue weighted by molar-refractivity contribution is 5.93. The molecule has 44 heavy (non-hydrogen) atoms. The van der Waals surface area contributed by atoms with Crippen LogP contribution in [0.3, 0.4) is 0 Å². The number of pyridine rings is 1. The number of carbonyl (C=O) groups excluding carboxylic acids is 1. The van der Waals surface area contributed by atoms with Crippen LogP contribution in [-0.4, -0.2) is 51.7 Å². The van der Waals surface area contributed by atoms with Gasteiger partial charge < -0.3 is 25.0 Å². The molecule has 5 rings (SSSR count). The van der Waals surface area contributed by atoms with Crippen molar-refractivity contribution < 1.29 is 24.5 Å². The first-order chi connectivity index (χ1) is 21.3. The van der Waals surface area contributed by atoms with Crippen molar-refractivity contribution in [2.45, 2.75) is 57.6 Å². The lowest BCUT2D eigenvalue weighted by Crippen LogP contribution is -2.46. The van der Waals surface area contributed by atoms with Gasteiger partial charge in [0.1, 0.15) is 0 Å². The summed E-state index contributed by atoms with van der Waals surface area (Å²) in [6.45, 7) is 5.11. The van der Waals surface area contributed by atoms with Crippen LogP contribution in [0.15, 0.2) is 103 Å². The Morgan fingerprint density at radius 3 is 2.27 bits per heavy atom. The van der Waals surface area contributed by atoms with Crippen LogP contribution in [0.4, 0.5) is 0 Å². The summed E-state index contributed by atoms with van der Waals surface area (Å²) < 4.78 is 13.2. The number of nitrogens with zero attached hydrogens (tertiary/aromatic N) is 2. The van der Waals surface area contributed by atoms with E-state index >= 15 is 0 Å². The van der Waals surface area contributed by atoms with E-state index in [1.807, 2.05) is 92.8 Å². The number of ether oxygens (including phenoxy) is 2. The van der Waals surface area contributed by atoms with Gasteiger partial charge in [-0.3, -0.25) is 14.7 Å². The van der Waals surface area contributed by atoms with Crippen molar-refractivity contribution in [1.29, 1.82) is 0 Å². The molecule has 3 aromatic carbocycles. The Morgan fingerprint density at radius 2 is 1.61 bits per heavy atom. The van der Waals surface area contributed by atoms with Crippen molar-refractivity contribution in [3.8, 4) is 0 Å². The molecular weight excluding hydrogens is 554 g/mol. The lowest BCUT2D eigenvalue weighted by Gasteiger charge is -2.43. The van der Waals surface area contributed by atoms with Crippen molar-refractivity contribution in [2.75, 3.05) is 13.6 Å². The molecule has 1 aliphatic rings. The molecule has 1 saturated heterocycles. The number of carbonyl (C=O) groups is 1. The topological polar surface area (TPSA) is 104 Å². The smallest absolute Gasteiger partial charge is 0.253 e. The Labute approximate surface area is 259 Å². The molecular formula is C36H41N3O5. The summed E-state index contributed by atoms with van der Waals surface area (Å²) in [7, 11) is 2.01.